The Labute approximate surface area is 74.7 Å². The SMILES string of the molecule is C=C/C(OC)=C(\N=C)C(C)(C)C. The Kier molecular flexibility index (Phi) is 3.74. The second-order valence-corrected chi connectivity index (χ2v) is 3.53. The summed E-state index contributed by atoms with van der Waals surface area (Å²) in [6.45, 7) is 13.3. The van der Waals surface area contributed by atoms with Crippen LogP contribution in [-0.2, 0) is 4.74 Å². The zero-order chi connectivity index (χ0) is 9.78. The molecule has 0 rings (SSSR count). The summed E-state index contributed by atoms with van der Waals surface area (Å²) in [6.07, 6.45) is 1.65. The quantitative estimate of drug-likeness (QED) is 0.360. The van der Waals surface area contributed by atoms with Gasteiger partial charge in [-0.2, -0.15) is 0 Å². The standard InChI is InChI=1S/C10H17NO/c1-7-8(12-6)9(11-5)10(2,3)4/h7H,1,5H2,2-4,6H3/b9-8+. The number of nitrogens with zero attached hydrogens (tertiary/aromatic N) is 1. The minimum absolute atomic E-state index is 0.0543. The number of methoxy groups -OCH3 is 1. The molecule has 0 N–H and O–H groups in total. The van der Waals surface area contributed by atoms with E-state index in [0.29, 0.717) is 5.76 Å². The first-order chi connectivity index (χ1) is 5.47. The van der Waals surface area contributed by atoms with Gasteiger partial charge in [-0.15, -0.1) is 0 Å². The van der Waals surface area contributed by atoms with Gasteiger partial charge in [-0.1, -0.05) is 27.4 Å². The third-order valence-corrected chi connectivity index (χ3v) is 1.51. The molecule has 0 saturated heterocycles. The first kappa shape index (κ1) is 11.0. The van der Waals surface area contributed by atoms with Crippen LogP contribution in [0.5, 0.6) is 0 Å². The Morgan fingerprint density at radius 3 is 2.00 bits per heavy atom. The van der Waals surface area contributed by atoms with Gasteiger partial charge in [-0.05, 0) is 12.8 Å². The average molecular weight is 167 g/mol. The van der Waals surface area contributed by atoms with Crippen molar-refractivity contribution in [3.63, 3.8) is 0 Å². The maximum absolute atomic E-state index is 5.11. The number of allylic oxidation sites excluding steroid dienone is 2. The lowest BCUT2D eigenvalue weighted by molar-refractivity contribution is 0.289. The molecule has 68 valence electrons. The van der Waals surface area contributed by atoms with Crippen molar-refractivity contribution in [2.24, 2.45) is 10.4 Å². The summed E-state index contributed by atoms with van der Waals surface area (Å²) in [5.41, 5.74) is 0.779. The van der Waals surface area contributed by atoms with Gasteiger partial charge in [0.05, 0.1) is 12.8 Å². The predicted octanol–water partition coefficient (Wildman–Crippen LogP) is 2.78. The molecule has 0 heterocycles. The van der Waals surface area contributed by atoms with Gasteiger partial charge in [0.25, 0.3) is 0 Å². The number of hydrogen-bond donors (Lipinski definition) is 0. The fraction of sp³-hybridized carbons (Fsp3) is 0.500. The fourth-order valence-electron chi connectivity index (χ4n) is 0.961. The first-order valence-corrected chi connectivity index (χ1v) is 3.85. The highest BCUT2D eigenvalue weighted by molar-refractivity contribution is 5.34. The van der Waals surface area contributed by atoms with Crippen molar-refractivity contribution in [2.75, 3.05) is 7.11 Å². The second-order valence-electron chi connectivity index (χ2n) is 3.53. The van der Waals surface area contributed by atoms with Crippen LogP contribution < -0.4 is 0 Å². The smallest absolute Gasteiger partial charge is 0.140 e. The van der Waals surface area contributed by atoms with Crippen LogP contribution in [0.2, 0.25) is 0 Å². The summed E-state index contributed by atoms with van der Waals surface area (Å²) in [7, 11) is 1.61. The Balaban J connectivity index is 5.09. The van der Waals surface area contributed by atoms with E-state index in [1.807, 2.05) is 0 Å². The van der Waals surface area contributed by atoms with Crippen molar-refractivity contribution in [2.45, 2.75) is 20.8 Å². The van der Waals surface area contributed by atoms with E-state index in [1.54, 1.807) is 13.2 Å². The van der Waals surface area contributed by atoms with Crippen LogP contribution in [0.3, 0.4) is 0 Å². The molecule has 0 unspecified atom stereocenters. The fourth-order valence-corrected chi connectivity index (χ4v) is 0.961. The van der Waals surface area contributed by atoms with Crippen LogP contribution in [0.1, 0.15) is 20.8 Å². The molecule has 2 heteroatoms. The molecule has 0 aliphatic carbocycles. The third-order valence-electron chi connectivity index (χ3n) is 1.51. The van der Waals surface area contributed by atoms with Gasteiger partial charge in [0.2, 0.25) is 0 Å². The molecule has 0 spiro atoms. The van der Waals surface area contributed by atoms with Gasteiger partial charge in [0, 0.05) is 5.41 Å². The molecule has 0 saturated carbocycles. The minimum atomic E-state index is -0.0543. The van der Waals surface area contributed by atoms with E-state index in [-0.39, 0.29) is 5.41 Å². The lowest BCUT2D eigenvalue weighted by atomic mass is 9.91. The topological polar surface area (TPSA) is 21.6 Å². The van der Waals surface area contributed by atoms with Crippen molar-refractivity contribution in [3.05, 3.63) is 24.1 Å². The van der Waals surface area contributed by atoms with Crippen LogP contribution >= 0.6 is 0 Å². The summed E-state index contributed by atoms with van der Waals surface area (Å²) >= 11 is 0. The zero-order valence-electron chi connectivity index (χ0n) is 8.35. The third kappa shape index (κ3) is 2.53. The molecule has 0 aromatic heterocycles. The zero-order valence-corrected chi connectivity index (χ0v) is 8.35. The number of rotatable bonds is 3. The average Bonchev–Trinajstić information content (AvgIpc) is 1.97. The minimum Gasteiger partial charge on any atom is -0.495 e. The van der Waals surface area contributed by atoms with Crippen LogP contribution in [0, 0.1) is 5.41 Å². The van der Waals surface area contributed by atoms with Crippen molar-refractivity contribution in [3.8, 4) is 0 Å². The van der Waals surface area contributed by atoms with Crippen molar-refractivity contribution < 1.29 is 4.74 Å². The largest absolute Gasteiger partial charge is 0.495 e. The number of ether oxygens (including phenoxy) is 1. The molecule has 0 aromatic carbocycles. The van der Waals surface area contributed by atoms with E-state index in [9.17, 15) is 0 Å². The van der Waals surface area contributed by atoms with Gasteiger partial charge in [-0.3, -0.25) is 4.99 Å². The van der Waals surface area contributed by atoms with Crippen LogP contribution in [0.25, 0.3) is 0 Å². The molecule has 0 atom stereocenters. The number of aliphatic imine (C=N–C) groups is 1. The molecule has 0 aromatic rings. The van der Waals surface area contributed by atoms with E-state index < -0.39 is 0 Å². The van der Waals surface area contributed by atoms with Gasteiger partial charge in [-0.25, -0.2) is 0 Å². The van der Waals surface area contributed by atoms with Crippen molar-refractivity contribution in [1.82, 2.24) is 0 Å². The monoisotopic (exact) mass is 167 g/mol. The molecular formula is C10H17NO. The number of hydrogen-bond acceptors (Lipinski definition) is 2. The van der Waals surface area contributed by atoms with Crippen LogP contribution in [0.4, 0.5) is 0 Å². The van der Waals surface area contributed by atoms with E-state index in [2.05, 4.69) is 39.1 Å². The normalized spacial score (nSPS) is 13.3. The Morgan fingerprint density at radius 2 is 1.92 bits per heavy atom. The Hall–Kier alpha value is -1.05. The highest BCUT2D eigenvalue weighted by Gasteiger charge is 2.19. The van der Waals surface area contributed by atoms with Crippen molar-refractivity contribution >= 4 is 6.72 Å². The molecule has 0 bridgehead atoms. The summed E-state index contributed by atoms with van der Waals surface area (Å²) in [6, 6.07) is 0. The summed E-state index contributed by atoms with van der Waals surface area (Å²) in [5.74, 6) is 0.692. The van der Waals surface area contributed by atoms with Gasteiger partial charge < -0.3 is 4.74 Å². The first-order valence-electron chi connectivity index (χ1n) is 3.85. The van der Waals surface area contributed by atoms with Gasteiger partial charge >= 0.3 is 0 Å². The highest BCUT2D eigenvalue weighted by Crippen LogP contribution is 2.29. The molecule has 12 heavy (non-hydrogen) atoms. The summed E-state index contributed by atoms with van der Waals surface area (Å²) in [5, 5.41) is 0. The van der Waals surface area contributed by atoms with Crippen LogP contribution in [0.15, 0.2) is 29.1 Å². The molecule has 0 aliphatic rings. The summed E-state index contributed by atoms with van der Waals surface area (Å²) in [4.78, 5) is 3.93. The highest BCUT2D eigenvalue weighted by atomic mass is 16.5. The molecule has 0 amide bonds. The Morgan fingerprint density at radius 1 is 1.42 bits per heavy atom. The lowest BCUT2D eigenvalue weighted by Crippen LogP contribution is -2.10. The second kappa shape index (κ2) is 4.10. The predicted molar refractivity (Wildman–Crippen MR) is 53.2 cm³/mol. The maximum Gasteiger partial charge on any atom is 0.140 e. The summed E-state index contributed by atoms with van der Waals surface area (Å²) < 4.78 is 5.11. The van der Waals surface area contributed by atoms with Crippen LogP contribution in [-0.4, -0.2) is 13.8 Å². The molecular weight excluding hydrogens is 150 g/mol. The molecule has 0 fully saturated rings. The van der Waals surface area contributed by atoms with Gasteiger partial charge in [0.15, 0.2) is 0 Å². The van der Waals surface area contributed by atoms with Gasteiger partial charge in [0.1, 0.15) is 5.76 Å². The van der Waals surface area contributed by atoms with E-state index in [4.69, 9.17) is 4.74 Å². The van der Waals surface area contributed by atoms with E-state index >= 15 is 0 Å². The molecule has 0 radical (unpaired) electrons. The molecule has 0 aliphatic heterocycles. The maximum atomic E-state index is 5.11. The molecule has 2 nitrogen and oxygen atoms in total. The van der Waals surface area contributed by atoms with E-state index in [0.717, 1.165) is 5.70 Å². The van der Waals surface area contributed by atoms with Crippen molar-refractivity contribution in [1.29, 1.82) is 0 Å². The Bertz CT molecular complexity index is 208. The van der Waals surface area contributed by atoms with E-state index in [1.165, 1.54) is 0 Å². The lowest BCUT2D eigenvalue weighted by Gasteiger charge is -2.20.